The van der Waals surface area contributed by atoms with Gasteiger partial charge in [0.1, 0.15) is 17.6 Å². The fourth-order valence-electron chi connectivity index (χ4n) is 5.52. The number of non-ortho nitro benzene ring substituents is 1. The number of carbonyl (C=O) groups excluding carboxylic acids is 3. The van der Waals surface area contributed by atoms with Crippen LogP contribution >= 0.6 is 23.1 Å². The summed E-state index contributed by atoms with van der Waals surface area (Å²) in [5, 5.41) is 13.2. The summed E-state index contributed by atoms with van der Waals surface area (Å²) in [6.45, 7) is -0.390. The van der Waals surface area contributed by atoms with Gasteiger partial charge < -0.3 is 14.8 Å². The Balaban J connectivity index is 1.43. The summed E-state index contributed by atoms with van der Waals surface area (Å²) in [5.41, 5.74) is 0.902. The number of nitro groups is 1. The molecule has 45 heavy (non-hydrogen) atoms. The molecule has 0 aliphatic carbocycles. The number of methoxy groups -OCH3 is 2. The number of hydrogen-bond donors (Lipinski definition) is 1. The van der Waals surface area contributed by atoms with Crippen molar-refractivity contribution >= 4 is 57.9 Å². The van der Waals surface area contributed by atoms with Crippen LogP contribution in [-0.4, -0.2) is 46.7 Å². The zero-order valence-electron chi connectivity index (χ0n) is 23.6. The molecule has 2 aliphatic heterocycles. The fourth-order valence-corrected chi connectivity index (χ4v) is 8.29. The Bertz CT molecular complexity index is 1910. The Hall–Kier alpha value is -5.02. The van der Waals surface area contributed by atoms with Crippen molar-refractivity contribution in [1.82, 2.24) is 4.57 Å². The third kappa shape index (κ3) is 5.33. The number of anilines is 2. The summed E-state index contributed by atoms with van der Waals surface area (Å²) in [5.74, 6) is -3.00. The first kappa shape index (κ1) is 30.0. The monoisotopic (exact) mass is 650 g/mol. The topological polar surface area (TPSA) is 150 Å². The van der Waals surface area contributed by atoms with E-state index in [1.165, 1.54) is 67.3 Å². The number of rotatable bonds is 8. The van der Waals surface area contributed by atoms with E-state index in [0.717, 1.165) is 28.0 Å². The minimum atomic E-state index is -0.973. The molecule has 2 unspecified atom stereocenters. The number of imide groups is 1. The minimum Gasteiger partial charge on any atom is -0.493 e. The van der Waals surface area contributed by atoms with Crippen molar-refractivity contribution in [1.29, 1.82) is 0 Å². The van der Waals surface area contributed by atoms with Crippen molar-refractivity contribution in [2.75, 3.05) is 24.4 Å². The van der Waals surface area contributed by atoms with Gasteiger partial charge in [0.05, 0.1) is 35.8 Å². The second kappa shape index (κ2) is 11.8. The second-order valence-corrected chi connectivity index (χ2v) is 12.2. The number of fused-ring (bicyclic) bond motifs is 2. The Kier molecular flexibility index (Phi) is 7.88. The number of nitrogens with one attached hydrogen (secondary N) is 1. The van der Waals surface area contributed by atoms with E-state index in [9.17, 15) is 33.7 Å². The van der Waals surface area contributed by atoms with Crippen LogP contribution in [0.1, 0.15) is 16.4 Å². The number of nitrogens with zero attached hydrogens (tertiary/aromatic N) is 3. The van der Waals surface area contributed by atoms with Gasteiger partial charge in [-0.05, 0) is 54.1 Å². The molecule has 2 aliphatic rings. The molecule has 12 nitrogen and oxygen atoms in total. The van der Waals surface area contributed by atoms with E-state index in [-0.39, 0.29) is 17.9 Å². The van der Waals surface area contributed by atoms with E-state index in [1.54, 1.807) is 18.2 Å². The first-order valence-corrected chi connectivity index (χ1v) is 15.1. The van der Waals surface area contributed by atoms with Crippen molar-refractivity contribution in [3.05, 3.63) is 103 Å². The third-order valence-electron chi connectivity index (χ3n) is 7.56. The van der Waals surface area contributed by atoms with E-state index >= 15 is 0 Å². The highest BCUT2D eigenvalue weighted by atomic mass is 32.2. The fraction of sp³-hybridized carbons (Fsp3) is 0.200. The molecule has 0 bridgehead atoms. The molecule has 3 aromatic carbocycles. The van der Waals surface area contributed by atoms with E-state index in [0.29, 0.717) is 32.7 Å². The van der Waals surface area contributed by atoms with Crippen LogP contribution in [0.5, 0.6) is 11.5 Å². The average molecular weight is 651 g/mol. The molecule has 0 radical (unpaired) electrons. The first-order valence-electron chi connectivity index (χ1n) is 13.4. The van der Waals surface area contributed by atoms with Crippen LogP contribution in [0.4, 0.5) is 21.5 Å². The van der Waals surface area contributed by atoms with Gasteiger partial charge in [0.2, 0.25) is 17.7 Å². The number of amides is 3. The number of nitro benzene ring substituents is 1. The van der Waals surface area contributed by atoms with Crippen LogP contribution in [0.25, 0.3) is 0 Å². The summed E-state index contributed by atoms with van der Waals surface area (Å²) in [4.78, 5) is 66.0. The molecule has 15 heteroatoms. The van der Waals surface area contributed by atoms with Crippen molar-refractivity contribution in [3.8, 4) is 11.5 Å². The predicted molar refractivity (Wildman–Crippen MR) is 164 cm³/mol. The summed E-state index contributed by atoms with van der Waals surface area (Å²) in [7, 11) is 2.94. The van der Waals surface area contributed by atoms with Crippen molar-refractivity contribution in [2.24, 2.45) is 5.92 Å². The van der Waals surface area contributed by atoms with Gasteiger partial charge in [-0.1, -0.05) is 29.2 Å². The lowest BCUT2D eigenvalue weighted by Crippen LogP contribution is -2.33. The predicted octanol–water partition coefficient (Wildman–Crippen LogP) is 4.41. The highest BCUT2D eigenvalue weighted by molar-refractivity contribution is 8.00. The van der Waals surface area contributed by atoms with Crippen LogP contribution in [-0.2, 0) is 20.9 Å². The summed E-state index contributed by atoms with van der Waals surface area (Å²) in [6, 6.07) is 15.3. The zero-order chi connectivity index (χ0) is 32.0. The molecule has 6 rings (SSSR count). The highest BCUT2D eigenvalue weighted by Gasteiger charge is 2.57. The van der Waals surface area contributed by atoms with E-state index in [4.69, 9.17) is 9.47 Å². The molecule has 3 amide bonds. The Morgan fingerprint density at radius 3 is 2.31 bits per heavy atom. The van der Waals surface area contributed by atoms with Gasteiger partial charge in [0, 0.05) is 28.6 Å². The first-order chi connectivity index (χ1) is 21.6. The summed E-state index contributed by atoms with van der Waals surface area (Å²) >= 11 is 1.90. The molecular weight excluding hydrogens is 627 g/mol. The number of ether oxygens (including phenoxy) is 2. The number of carbonyl (C=O) groups is 3. The number of thiazole rings is 1. The Morgan fingerprint density at radius 2 is 1.67 bits per heavy atom. The van der Waals surface area contributed by atoms with Gasteiger partial charge in [-0.2, -0.15) is 0 Å². The molecule has 0 spiro atoms. The zero-order valence-corrected chi connectivity index (χ0v) is 25.2. The number of halogens is 1. The summed E-state index contributed by atoms with van der Waals surface area (Å²) < 4.78 is 25.5. The molecule has 0 saturated carbocycles. The Labute approximate surface area is 262 Å². The molecule has 1 N–H and O–H groups in total. The maximum Gasteiger partial charge on any atom is 0.308 e. The van der Waals surface area contributed by atoms with Crippen LogP contribution in [0.15, 0.2) is 76.6 Å². The maximum absolute atomic E-state index is 14.1. The van der Waals surface area contributed by atoms with E-state index < -0.39 is 50.4 Å². The van der Waals surface area contributed by atoms with Crippen LogP contribution < -0.4 is 24.6 Å². The van der Waals surface area contributed by atoms with Crippen molar-refractivity contribution < 1.29 is 33.2 Å². The quantitative estimate of drug-likeness (QED) is 0.166. The lowest BCUT2D eigenvalue weighted by atomic mass is 9.83. The standard InChI is InChI=1S/C30H23FN4O8S2/c1-42-20-12-3-15(13-21(20)43-2)23-24-25(28(38)34(27(24)37)18-8-10-19(11-9-18)35(40)41)44-29-26(23)45-30(39)33(29)14-22(36)32-17-6-4-16(31)5-7-17/h3-13,23-25H,14H2,1-2H3,(H,32,36)/t23-,24?,25?/m1/s1. The van der Waals surface area contributed by atoms with Crippen LogP contribution in [0.2, 0.25) is 0 Å². The van der Waals surface area contributed by atoms with Gasteiger partial charge in [-0.3, -0.25) is 33.9 Å². The number of thioether (sulfide) groups is 1. The van der Waals surface area contributed by atoms with Gasteiger partial charge in [-0.25, -0.2) is 9.29 Å². The molecular formula is C30H23FN4O8S2. The van der Waals surface area contributed by atoms with E-state index in [2.05, 4.69) is 5.32 Å². The Morgan fingerprint density at radius 1 is 0.978 bits per heavy atom. The smallest absolute Gasteiger partial charge is 0.308 e. The molecule has 4 aromatic rings. The number of hydrogen-bond acceptors (Lipinski definition) is 10. The van der Waals surface area contributed by atoms with Crippen LogP contribution in [0.3, 0.4) is 0 Å². The third-order valence-corrected chi connectivity index (χ3v) is 10.2. The van der Waals surface area contributed by atoms with Gasteiger partial charge in [0.15, 0.2) is 11.5 Å². The molecule has 230 valence electrons. The van der Waals surface area contributed by atoms with Crippen molar-refractivity contribution in [2.45, 2.75) is 22.7 Å². The minimum absolute atomic E-state index is 0.177. The normalized spacial score (nSPS) is 18.7. The SMILES string of the molecule is COc1ccc([C@H]2c3sc(=O)n(CC(=O)Nc4ccc(F)cc4)c3SC3C(=O)N(c4ccc([N+](=O)[O-])cc4)C(=O)C32)cc1OC. The molecule has 3 atom stereocenters. The lowest BCUT2D eigenvalue weighted by molar-refractivity contribution is -0.384. The second-order valence-electron chi connectivity index (χ2n) is 10.1. The van der Waals surface area contributed by atoms with Crippen LogP contribution in [0, 0.1) is 21.8 Å². The molecule has 1 fully saturated rings. The average Bonchev–Trinajstić information content (AvgIpc) is 3.47. The molecule has 1 aromatic heterocycles. The number of aromatic nitrogens is 1. The van der Waals surface area contributed by atoms with Gasteiger partial charge >= 0.3 is 4.87 Å². The van der Waals surface area contributed by atoms with Crippen molar-refractivity contribution in [3.63, 3.8) is 0 Å². The largest absolute Gasteiger partial charge is 0.493 e. The van der Waals surface area contributed by atoms with E-state index in [1.807, 2.05) is 0 Å². The van der Waals surface area contributed by atoms with Gasteiger partial charge in [-0.15, -0.1) is 0 Å². The summed E-state index contributed by atoms with van der Waals surface area (Å²) in [6.07, 6.45) is 0. The number of benzene rings is 3. The maximum atomic E-state index is 14.1. The molecule has 1 saturated heterocycles. The molecule has 3 heterocycles. The highest BCUT2D eigenvalue weighted by Crippen LogP contribution is 2.54. The van der Waals surface area contributed by atoms with Gasteiger partial charge in [0.25, 0.3) is 5.69 Å². The lowest BCUT2D eigenvalue weighted by Gasteiger charge is -2.31.